The van der Waals surface area contributed by atoms with Crippen LogP contribution in [0.25, 0.3) is 0 Å². The Labute approximate surface area is 116 Å². The van der Waals surface area contributed by atoms with Gasteiger partial charge in [-0.1, -0.05) is 23.2 Å². The lowest BCUT2D eigenvalue weighted by atomic mass is 9.75. The lowest BCUT2D eigenvalue weighted by Crippen LogP contribution is -2.39. The summed E-state index contributed by atoms with van der Waals surface area (Å²) in [6.45, 7) is 0.953. The highest BCUT2D eigenvalue weighted by Gasteiger charge is 2.40. The van der Waals surface area contributed by atoms with Crippen LogP contribution in [0, 0.1) is 5.41 Å². The summed E-state index contributed by atoms with van der Waals surface area (Å²) < 4.78 is 5.24. The van der Waals surface area contributed by atoms with Crippen molar-refractivity contribution in [2.75, 3.05) is 13.2 Å². The van der Waals surface area contributed by atoms with Crippen LogP contribution >= 0.6 is 23.2 Å². The monoisotopic (exact) mass is 288 g/mol. The average Bonchev–Trinajstić information content (AvgIpc) is 2.35. The number of halogens is 2. The molecule has 1 N–H and O–H groups in total. The number of hydrogen-bond donors (Lipinski definition) is 1. The predicted octanol–water partition coefficient (Wildman–Crippen LogP) is 3.42. The summed E-state index contributed by atoms with van der Waals surface area (Å²) in [5, 5.41) is 10.6. The highest BCUT2D eigenvalue weighted by Crippen LogP contribution is 2.37. The van der Waals surface area contributed by atoms with E-state index in [2.05, 4.69) is 0 Å². The van der Waals surface area contributed by atoms with Gasteiger partial charge in [-0.05, 0) is 43.0 Å². The third-order valence-corrected chi connectivity index (χ3v) is 4.04. The second kappa shape index (κ2) is 5.47. The van der Waals surface area contributed by atoms with Crippen LogP contribution in [0.4, 0.5) is 0 Å². The van der Waals surface area contributed by atoms with Gasteiger partial charge in [0.15, 0.2) is 0 Å². The molecule has 1 aliphatic heterocycles. The molecular weight excluding hydrogens is 275 g/mol. The molecule has 0 spiro atoms. The molecule has 5 heteroatoms. The van der Waals surface area contributed by atoms with Crippen LogP contribution in [0.15, 0.2) is 18.2 Å². The fraction of sp³-hybridized carbons (Fsp3) is 0.462. The molecule has 1 aromatic rings. The standard InChI is InChI=1S/C13H14Cl2O3/c14-10-1-2-11(15)9(7-10)8-13(12(16)17)3-5-18-6-4-13/h1-2,7H,3-6,8H2,(H,16,17). The smallest absolute Gasteiger partial charge is 0.310 e. The highest BCUT2D eigenvalue weighted by molar-refractivity contribution is 6.33. The number of carboxylic acid groups (broad SMARTS) is 1. The largest absolute Gasteiger partial charge is 0.481 e. The summed E-state index contributed by atoms with van der Waals surface area (Å²) >= 11 is 12.0. The molecule has 1 aliphatic rings. The third-order valence-electron chi connectivity index (χ3n) is 3.44. The molecule has 0 aliphatic carbocycles. The highest BCUT2D eigenvalue weighted by atomic mass is 35.5. The molecule has 0 bridgehead atoms. The van der Waals surface area contributed by atoms with Gasteiger partial charge in [0.1, 0.15) is 0 Å². The number of ether oxygens (including phenoxy) is 1. The molecule has 2 rings (SSSR count). The van der Waals surface area contributed by atoms with Gasteiger partial charge in [-0.2, -0.15) is 0 Å². The van der Waals surface area contributed by atoms with Crippen LogP contribution in [-0.4, -0.2) is 24.3 Å². The van der Waals surface area contributed by atoms with Gasteiger partial charge in [-0.25, -0.2) is 0 Å². The summed E-state index contributed by atoms with van der Waals surface area (Å²) in [5.41, 5.74) is 0.000471. The Hall–Kier alpha value is -0.770. The number of benzene rings is 1. The van der Waals surface area contributed by atoms with E-state index in [4.69, 9.17) is 27.9 Å². The molecule has 0 atom stereocenters. The first-order chi connectivity index (χ1) is 8.53. The molecule has 1 fully saturated rings. The molecule has 0 saturated carbocycles. The third kappa shape index (κ3) is 2.79. The quantitative estimate of drug-likeness (QED) is 0.927. The Bertz CT molecular complexity index is 454. The molecule has 0 unspecified atom stereocenters. The van der Waals surface area contributed by atoms with Crippen molar-refractivity contribution in [1.29, 1.82) is 0 Å². The Kier molecular flexibility index (Phi) is 4.15. The molecule has 1 heterocycles. The molecule has 98 valence electrons. The number of carbonyl (C=O) groups is 1. The maximum Gasteiger partial charge on any atom is 0.310 e. The molecule has 1 aromatic carbocycles. The van der Waals surface area contributed by atoms with Gasteiger partial charge in [0.2, 0.25) is 0 Å². The van der Waals surface area contributed by atoms with E-state index >= 15 is 0 Å². The van der Waals surface area contributed by atoms with Crippen molar-refractivity contribution in [3.05, 3.63) is 33.8 Å². The van der Waals surface area contributed by atoms with Crippen molar-refractivity contribution in [2.24, 2.45) is 5.41 Å². The van der Waals surface area contributed by atoms with Gasteiger partial charge in [-0.3, -0.25) is 4.79 Å². The topological polar surface area (TPSA) is 46.5 Å². The van der Waals surface area contributed by atoms with Crippen LogP contribution in [0.1, 0.15) is 18.4 Å². The van der Waals surface area contributed by atoms with Gasteiger partial charge in [-0.15, -0.1) is 0 Å². The molecule has 0 amide bonds. The van der Waals surface area contributed by atoms with Gasteiger partial charge in [0.25, 0.3) is 0 Å². The lowest BCUT2D eigenvalue weighted by molar-refractivity contribution is -0.154. The van der Waals surface area contributed by atoms with Gasteiger partial charge in [0.05, 0.1) is 5.41 Å². The average molecular weight is 289 g/mol. The zero-order valence-electron chi connectivity index (χ0n) is 9.79. The van der Waals surface area contributed by atoms with E-state index in [1.165, 1.54) is 0 Å². The van der Waals surface area contributed by atoms with Crippen LogP contribution in [0.2, 0.25) is 10.0 Å². The maximum absolute atomic E-state index is 11.5. The first kappa shape index (κ1) is 13.7. The minimum absolute atomic E-state index is 0.394. The van der Waals surface area contributed by atoms with E-state index in [1.54, 1.807) is 18.2 Å². The van der Waals surface area contributed by atoms with Gasteiger partial charge in [0, 0.05) is 23.3 Å². The van der Waals surface area contributed by atoms with Crippen molar-refractivity contribution >= 4 is 29.2 Å². The Balaban J connectivity index is 2.28. The normalized spacial score (nSPS) is 18.6. The second-order valence-corrected chi connectivity index (χ2v) is 5.45. The SMILES string of the molecule is O=C(O)C1(Cc2cc(Cl)ccc2Cl)CCOCC1. The minimum atomic E-state index is -0.790. The zero-order chi connectivity index (χ0) is 13.2. The molecular formula is C13H14Cl2O3. The molecule has 0 aromatic heterocycles. The minimum Gasteiger partial charge on any atom is -0.481 e. The second-order valence-electron chi connectivity index (χ2n) is 4.61. The molecule has 1 saturated heterocycles. The van der Waals surface area contributed by atoms with Crippen LogP contribution in [-0.2, 0) is 16.0 Å². The first-order valence-corrected chi connectivity index (χ1v) is 6.54. The molecule has 3 nitrogen and oxygen atoms in total. The molecule has 18 heavy (non-hydrogen) atoms. The Morgan fingerprint density at radius 3 is 2.61 bits per heavy atom. The van der Waals surface area contributed by atoms with E-state index in [0.29, 0.717) is 42.5 Å². The molecule has 0 radical (unpaired) electrons. The number of hydrogen-bond acceptors (Lipinski definition) is 2. The van der Waals surface area contributed by atoms with Crippen LogP contribution in [0.5, 0.6) is 0 Å². The predicted molar refractivity (Wildman–Crippen MR) is 70.3 cm³/mol. The van der Waals surface area contributed by atoms with E-state index in [9.17, 15) is 9.90 Å². The number of aliphatic carboxylic acids is 1. The van der Waals surface area contributed by atoms with Crippen LogP contribution < -0.4 is 0 Å². The zero-order valence-corrected chi connectivity index (χ0v) is 11.3. The summed E-state index contributed by atoms with van der Waals surface area (Å²) in [5.74, 6) is -0.790. The van der Waals surface area contributed by atoms with E-state index in [1.807, 2.05) is 0 Å². The van der Waals surface area contributed by atoms with E-state index in [0.717, 1.165) is 5.56 Å². The summed E-state index contributed by atoms with van der Waals surface area (Å²) in [6, 6.07) is 5.14. The van der Waals surface area contributed by atoms with Gasteiger partial charge >= 0.3 is 5.97 Å². The van der Waals surface area contributed by atoms with E-state index < -0.39 is 11.4 Å². The number of rotatable bonds is 3. The Morgan fingerprint density at radius 2 is 2.00 bits per heavy atom. The first-order valence-electron chi connectivity index (χ1n) is 5.79. The van der Waals surface area contributed by atoms with Crippen molar-refractivity contribution < 1.29 is 14.6 Å². The van der Waals surface area contributed by atoms with Crippen molar-refractivity contribution in [2.45, 2.75) is 19.3 Å². The van der Waals surface area contributed by atoms with Crippen LogP contribution in [0.3, 0.4) is 0 Å². The summed E-state index contributed by atoms with van der Waals surface area (Å²) in [4.78, 5) is 11.5. The Morgan fingerprint density at radius 1 is 1.33 bits per heavy atom. The van der Waals surface area contributed by atoms with Crippen molar-refractivity contribution in [3.8, 4) is 0 Å². The summed E-state index contributed by atoms with van der Waals surface area (Å²) in [6.07, 6.45) is 1.40. The fourth-order valence-corrected chi connectivity index (χ4v) is 2.65. The number of carboxylic acids is 1. The van der Waals surface area contributed by atoms with Gasteiger partial charge < -0.3 is 9.84 Å². The van der Waals surface area contributed by atoms with E-state index in [-0.39, 0.29) is 0 Å². The lowest BCUT2D eigenvalue weighted by Gasteiger charge is -2.33. The maximum atomic E-state index is 11.5. The van der Waals surface area contributed by atoms with Crippen molar-refractivity contribution in [1.82, 2.24) is 0 Å². The summed E-state index contributed by atoms with van der Waals surface area (Å²) in [7, 11) is 0. The van der Waals surface area contributed by atoms with Crippen molar-refractivity contribution in [3.63, 3.8) is 0 Å². The fourth-order valence-electron chi connectivity index (χ4n) is 2.27.